The Kier molecular flexibility index (Phi) is 3.52. The van der Waals surface area contributed by atoms with Gasteiger partial charge < -0.3 is 4.57 Å². The number of benzene rings is 1. The van der Waals surface area contributed by atoms with E-state index in [4.69, 9.17) is 0 Å². The number of rotatable bonds is 5. The Hall–Kier alpha value is -1.62. The predicted molar refractivity (Wildman–Crippen MR) is 71.7 cm³/mol. The van der Waals surface area contributed by atoms with Crippen LogP contribution in [-0.4, -0.2) is 30.8 Å². The maximum Gasteiger partial charge on any atom is 0.152 e. The first-order valence-electron chi connectivity index (χ1n) is 5.81. The van der Waals surface area contributed by atoms with Gasteiger partial charge in [0.05, 0.1) is 11.3 Å². The molecule has 0 aliphatic heterocycles. The van der Waals surface area contributed by atoms with E-state index in [9.17, 15) is 13.2 Å². The molecule has 2 aromatic rings. The molecule has 1 heterocycles. The number of aldehydes is 1. The van der Waals surface area contributed by atoms with E-state index in [0.717, 1.165) is 17.2 Å². The zero-order valence-electron chi connectivity index (χ0n) is 10.2. The molecule has 96 valence electrons. The minimum atomic E-state index is -2.99. The van der Waals surface area contributed by atoms with E-state index in [1.807, 2.05) is 29.0 Å². The van der Waals surface area contributed by atoms with Crippen LogP contribution in [0.1, 0.15) is 17.3 Å². The summed E-state index contributed by atoms with van der Waals surface area (Å²) in [5.41, 5.74) is 1.39. The van der Waals surface area contributed by atoms with Gasteiger partial charge in [-0.2, -0.15) is 0 Å². The van der Waals surface area contributed by atoms with E-state index in [1.54, 1.807) is 13.0 Å². The molecule has 0 spiro atoms. The van der Waals surface area contributed by atoms with Crippen LogP contribution in [0, 0.1) is 0 Å². The lowest BCUT2D eigenvalue weighted by Gasteiger charge is -2.07. The standard InChI is InChI=1S/C13H15NO3S/c1-2-18(16,17)9-8-14-7-6-11-4-3-5-12(10-15)13(11)14/h3-7,10H,2,8-9H2,1H3. The van der Waals surface area contributed by atoms with E-state index in [1.165, 1.54) is 0 Å². The van der Waals surface area contributed by atoms with Crippen molar-refractivity contribution in [3.8, 4) is 0 Å². The molecule has 0 saturated heterocycles. The molecule has 0 atom stereocenters. The Morgan fingerprint density at radius 3 is 2.72 bits per heavy atom. The second-order valence-corrected chi connectivity index (χ2v) is 6.62. The van der Waals surface area contributed by atoms with E-state index < -0.39 is 9.84 Å². The maximum absolute atomic E-state index is 11.5. The van der Waals surface area contributed by atoms with Gasteiger partial charge in [-0.3, -0.25) is 4.79 Å². The molecule has 2 rings (SSSR count). The minimum absolute atomic E-state index is 0.0977. The van der Waals surface area contributed by atoms with Crippen molar-refractivity contribution in [2.24, 2.45) is 0 Å². The number of hydrogen-bond acceptors (Lipinski definition) is 3. The van der Waals surface area contributed by atoms with Gasteiger partial charge in [0.25, 0.3) is 0 Å². The van der Waals surface area contributed by atoms with Crippen LogP contribution in [0.2, 0.25) is 0 Å². The Morgan fingerprint density at radius 1 is 1.28 bits per heavy atom. The molecular formula is C13H15NO3S. The lowest BCUT2D eigenvalue weighted by atomic mass is 10.1. The molecule has 1 aromatic carbocycles. The molecule has 0 unspecified atom stereocenters. The van der Waals surface area contributed by atoms with Crippen LogP contribution in [0.25, 0.3) is 10.9 Å². The molecular weight excluding hydrogens is 250 g/mol. The largest absolute Gasteiger partial charge is 0.346 e. The third kappa shape index (κ3) is 2.46. The number of hydrogen-bond donors (Lipinski definition) is 0. The molecule has 0 saturated carbocycles. The summed E-state index contributed by atoms with van der Waals surface area (Å²) in [7, 11) is -2.99. The summed E-state index contributed by atoms with van der Waals surface area (Å²) in [4.78, 5) is 11.0. The Morgan fingerprint density at radius 2 is 2.06 bits per heavy atom. The van der Waals surface area contributed by atoms with E-state index >= 15 is 0 Å². The fourth-order valence-corrected chi connectivity index (χ4v) is 2.72. The number of para-hydroxylation sites is 1. The summed E-state index contributed by atoms with van der Waals surface area (Å²) >= 11 is 0. The molecule has 5 heteroatoms. The van der Waals surface area contributed by atoms with Crippen LogP contribution in [0.4, 0.5) is 0 Å². The van der Waals surface area contributed by atoms with E-state index in [0.29, 0.717) is 12.1 Å². The normalized spacial score (nSPS) is 11.8. The number of fused-ring (bicyclic) bond motifs is 1. The average molecular weight is 265 g/mol. The molecule has 0 bridgehead atoms. The molecule has 4 nitrogen and oxygen atoms in total. The SMILES string of the molecule is CCS(=O)(=O)CCn1ccc2cccc(C=O)c21. The fraction of sp³-hybridized carbons (Fsp3) is 0.308. The van der Waals surface area contributed by atoms with Crippen molar-refractivity contribution in [2.75, 3.05) is 11.5 Å². The van der Waals surface area contributed by atoms with Crippen molar-refractivity contribution >= 4 is 27.0 Å². The highest BCUT2D eigenvalue weighted by atomic mass is 32.2. The highest BCUT2D eigenvalue weighted by Crippen LogP contribution is 2.19. The van der Waals surface area contributed by atoms with Gasteiger partial charge in [-0.1, -0.05) is 19.1 Å². The maximum atomic E-state index is 11.5. The highest BCUT2D eigenvalue weighted by molar-refractivity contribution is 7.91. The lowest BCUT2D eigenvalue weighted by molar-refractivity contribution is 0.112. The van der Waals surface area contributed by atoms with Gasteiger partial charge in [-0.15, -0.1) is 0 Å². The first kappa shape index (κ1) is 12.8. The fourth-order valence-electron chi connectivity index (χ4n) is 1.95. The third-order valence-electron chi connectivity index (χ3n) is 3.03. The molecule has 0 amide bonds. The van der Waals surface area contributed by atoms with Gasteiger partial charge in [0.15, 0.2) is 16.1 Å². The molecule has 0 radical (unpaired) electrons. The smallest absolute Gasteiger partial charge is 0.152 e. The second kappa shape index (κ2) is 4.94. The molecule has 18 heavy (non-hydrogen) atoms. The minimum Gasteiger partial charge on any atom is -0.346 e. The number of aryl methyl sites for hydroxylation is 1. The van der Waals surface area contributed by atoms with Gasteiger partial charge >= 0.3 is 0 Å². The van der Waals surface area contributed by atoms with Gasteiger partial charge in [0, 0.05) is 29.4 Å². The van der Waals surface area contributed by atoms with Gasteiger partial charge in [0.1, 0.15) is 0 Å². The van der Waals surface area contributed by atoms with Crippen molar-refractivity contribution in [1.29, 1.82) is 0 Å². The zero-order valence-corrected chi connectivity index (χ0v) is 11.0. The molecule has 1 aromatic heterocycles. The Labute approximate surface area is 106 Å². The average Bonchev–Trinajstić information content (AvgIpc) is 2.79. The van der Waals surface area contributed by atoms with E-state index in [-0.39, 0.29) is 11.5 Å². The number of carbonyl (C=O) groups is 1. The van der Waals surface area contributed by atoms with Crippen LogP contribution in [0.5, 0.6) is 0 Å². The van der Waals surface area contributed by atoms with Crippen LogP contribution < -0.4 is 0 Å². The van der Waals surface area contributed by atoms with Crippen LogP contribution >= 0.6 is 0 Å². The van der Waals surface area contributed by atoms with Crippen molar-refractivity contribution < 1.29 is 13.2 Å². The summed E-state index contributed by atoms with van der Waals surface area (Å²) in [6, 6.07) is 7.35. The Bertz CT molecular complexity index is 671. The third-order valence-corrected chi connectivity index (χ3v) is 4.71. The van der Waals surface area contributed by atoms with Crippen molar-refractivity contribution in [3.05, 3.63) is 36.0 Å². The van der Waals surface area contributed by atoms with Crippen LogP contribution in [-0.2, 0) is 16.4 Å². The molecule has 0 fully saturated rings. The lowest BCUT2D eigenvalue weighted by Crippen LogP contribution is -2.14. The molecule has 0 aliphatic rings. The quantitative estimate of drug-likeness (QED) is 0.776. The summed E-state index contributed by atoms with van der Waals surface area (Å²) in [6.45, 7) is 2.02. The second-order valence-electron chi connectivity index (χ2n) is 4.15. The van der Waals surface area contributed by atoms with Crippen LogP contribution in [0.3, 0.4) is 0 Å². The summed E-state index contributed by atoms with van der Waals surface area (Å²) in [6.07, 6.45) is 2.62. The number of aromatic nitrogens is 1. The van der Waals surface area contributed by atoms with Gasteiger partial charge in [0.2, 0.25) is 0 Å². The van der Waals surface area contributed by atoms with Crippen LogP contribution in [0.15, 0.2) is 30.5 Å². The number of carbonyl (C=O) groups excluding carboxylic acids is 1. The topological polar surface area (TPSA) is 56.1 Å². The molecule has 0 aliphatic carbocycles. The van der Waals surface area contributed by atoms with Gasteiger partial charge in [-0.05, 0) is 12.1 Å². The Balaban J connectivity index is 2.37. The highest BCUT2D eigenvalue weighted by Gasteiger charge is 2.10. The van der Waals surface area contributed by atoms with Crippen molar-refractivity contribution in [2.45, 2.75) is 13.5 Å². The first-order chi connectivity index (χ1) is 8.57. The summed E-state index contributed by atoms with van der Waals surface area (Å²) in [5.74, 6) is 0.243. The first-order valence-corrected chi connectivity index (χ1v) is 7.63. The molecule has 0 N–H and O–H groups in total. The van der Waals surface area contributed by atoms with Gasteiger partial charge in [-0.25, -0.2) is 8.42 Å². The van der Waals surface area contributed by atoms with Crippen molar-refractivity contribution in [3.63, 3.8) is 0 Å². The number of sulfone groups is 1. The van der Waals surface area contributed by atoms with E-state index in [2.05, 4.69) is 0 Å². The zero-order chi connectivity index (χ0) is 13.2. The predicted octanol–water partition coefficient (Wildman–Crippen LogP) is 1.89. The summed E-state index contributed by atoms with van der Waals surface area (Å²) < 4.78 is 24.8. The summed E-state index contributed by atoms with van der Waals surface area (Å²) in [5, 5.41) is 0.952. The van der Waals surface area contributed by atoms with Crippen molar-refractivity contribution in [1.82, 2.24) is 4.57 Å². The monoisotopic (exact) mass is 265 g/mol. The number of nitrogens with zero attached hydrogens (tertiary/aromatic N) is 1.